The number of benzene rings is 1. The molecule has 1 amide bonds. The molecule has 3 rings (SSSR count). The molecule has 27 heavy (non-hydrogen) atoms. The Morgan fingerprint density at radius 2 is 1.81 bits per heavy atom. The first kappa shape index (κ1) is 20.0. The minimum absolute atomic E-state index is 0.193. The van der Waals surface area contributed by atoms with Crippen LogP contribution in [0.25, 0.3) is 11.0 Å². The smallest absolute Gasteiger partial charge is 0.410 e. The van der Waals surface area contributed by atoms with Crippen LogP contribution in [0.3, 0.4) is 0 Å². The minimum Gasteiger partial charge on any atom is -0.444 e. The normalized spacial score (nSPS) is 17.1. The molecule has 0 radical (unpaired) electrons. The van der Waals surface area contributed by atoms with Crippen LogP contribution in [0.4, 0.5) is 4.79 Å². The van der Waals surface area contributed by atoms with Gasteiger partial charge in [-0.1, -0.05) is 23.7 Å². The number of hydrogen-bond donors (Lipinski definition) is 0. The molecule has 0 saturated carbocycles. The summed E-state index contributed by atoms with van der Waals surface area (Å²) in [5.41, 5.74) is 0.875. The number of aromatic nitrogens is 2. The molecule has 1 atom stereocenters. The maximum atomic E-state index is 12.8. The predicted molar refractivity (Wildman–Crippen MR) is 106 cm³/mol. The van der Waals surface area contributed by atoms with Crippen LogP contribution in [-0.2, 0) is 15.5 Å². The van der Waals surface area contributed by atoms with E-state index in [1.807, 2.05) is 45.0 Å². The highest BCUT2D eigenvalue weighted by Crippen LogP contribution is 2.25. The van der Waals surface area contributed by atoms with E-state index in [1.165, 1.54) is 0 Å². The second kappa shape index (κ2) is 8.10. The van der Waals surface area contributed by atoms with E-state index < -0.39 is 16.4 Å². The second-order valence-electron chi connectivity index (χ2n) is 7.73. The minimum atomic E-state index is -1.33. The van der Waals surface area contributed by atoms with Crippen LogP contribution in [-0.4, -0.2) is 49.6 Å². The number of ether oxygens (including phenoxy) is 1. The third kappa shape index (κ3) is 5.17. The summed E-state index contributed by atoms with van der Waals surface area (Å²) in [7, 11) is -1.33. The van der Waals surface area contributed by atoms with Crippen molar-refractivity contribution in [2.45, 2.75) is 44.2 Å². The Bertz CT molecular complexity index is 861. The third-order valence-electron chi connectivity index (χ3n) is 4.37. The van der Waals surface area contributed by atoms with E-state index in [1.54, 1.807) is 4.90 Å². The number of piperidine rings is 1. The van der Waals surface area contributed by atoms with E-state index >= 15 is 0 Å². The van der Waals surface area contributed by atoms with Crippen LogP contribution in [0, 0.1) is 5.92 Å². The standard InChI is InChI=1S/C19H24ClN3O3S/c1-19(2,3)26-18(24)23-10-8-13(9-11-23)12-27(25)17-16(20)21-14-6-4-5-7-15(14)22-17/h4-7,13H,8-12H2,1-3H3/t27-/m1/s1. The van der Waals surface area contributed by atoms with Gasteiger partial charge in [-0.05, 0) is 51.7 Å². The maximum absolute atomic E-state index is 12.8. The lowest BCUT2D eigenvalue weighted by atomic mass is 9.99. The van der Waals surface area contributed by atoms with E-state index in [2.05, 4.69) is 9.97 Å². The molecule has 1 aliphatic heterocycles. The zero-order chi connectivity index (χ0) is 19.6. The first-order chi connectivity index (χ1) is 12.7. The van der Waals surface area contributed by atoms with Crippen molar-refractivity contribution in [3.8, 4) is 0 Å². The Balaban J connectivity index is 1.60. The average Bonchev–Trinajstić information content (AvgIpc) is 2.60. The van der Waals surface area contributed by atoms with Crippen molar-refractivity contribution in [1.29, 1.82) is 0 Å². The number of carbonyl (C=O) groups excluding carboxylic acids is 1. The number of hydrogen-bond acceptors (Lipinski definition) is 5. The number of likely N-dealkylation sites (tertiary alicyclic amines) is 1. The SMILES string of the molecule is CC(C)(C)OC(=O)N1CCC(C[S@@](=O)c2nc3ccccc3nc2Cl)CC1. The number of carbonyl (C=O) groups is 1. The van der Waals surface area contributed by atoms with Gasteiger partial charge in [0.1, 0.15) is 5.60 Å². The zero-order valence-corrected chi connectivity index (χ0v) is 17.3. The molecule has 0 spiro atoms. The number of nitrogens with zero attached hydrogens (tertiary/aromatic N) is 3. The highest BCUT2D eigenvalue weighted by atomic mass is 35.5. The van der Waals surface area contributed by atoms with E-state index in [-0.39, 0.29) is 17.2 Å². The van der Waals surface area contributed by atoms with Crippen molar-refractivity contribution in [2.24, 2.45) is 5.92 Å². The van der Waals surface area contributed by atoms with Gasteiger partial charge in [-0.15, -0.1) is 0 Å². The first-order valence-electron chi connectivity index (χ1n) is 9.01. The molecule has 6 nitrogen and oxygen atoms in total. The summed E-state index contributed by atoms with van der Waals surface area (Å²) >= 11 is 6.21. The lowest BCUT2D eigenvalue weighted by Gasteiger charge is -2.33. The molecule has 0 unspecified atom stereocenters. The number of rotatable bonds is 3. The van der Waals surface area contributed by atoms with E-state index in [9.17, 15) is 9.00 Å². The van der Waals surface area contributed by atoms with Crippen molar-refractivity contribution in [3.05, 3.63) is 29.4 Å². The van der Waals surface area contributed by atoms with Gasteiger partial charge in [-0.3, -0.25) is 4.21 Å². The molecule has 2 aromatic rings. The van der Waals surface area contributed by atoms with Crippen molar-refractivity contribution in [3.63, 3.8) is 0 Å². The molecule has 146 valence electrons. The summed E-state index contributed by atoms with van der Waals surface area (Å²) in [4.78, 5) is 22.6. The highest BCUT2D eigenvalue weighted by Gasteiger charge is 2.28. The topological polar surface area (TPSA) is 72.4 Å². The molecule has 1 fully saturated rings. The summed E-state index contributed by atoms with van der Waals surface area (Å²) in [5, 5.41) is 0.531. The molecule has 1 saturated heterocycles. The van der Waals surface area contributed by atoms with E-state index in [0.717, 1.165) is 12.8 Å². The number of para-hydroxylation sites is 2. The van der Waals surface area contributed by atoms with Crippen molar-refractivity contribution in [1.82, 2.24) is 14.9 Å². The summed E-state index contributed by atoms with van der Waals surface area (Å²) in [5.74, 6) is 0.711. The summed E-state index contributed by atoms with van der Waals surface area (Å²) in [6.07, 6.45) is 1.28. The summed E-state index contributed by atoms with van der Waals surface area (Å²) in [6.45, 7) is 6.78. The lowest BCUT2D eigenvalue weighted by Crippen LogP contribution is -2.42. The van der Waals surface area contributed by atoms with Crippen LogP contribution >= 0.6 is 11.6 Å². The molecular weight excluding hydrogens is 386 g/mol. The zero-order valence-electron chi connectivity index (χ0n) is 15.8. The molecule has 8 heteroatoms. The Morgan fingerprint density at radius 1 is 1.22 bits per heavy atom. The Hall–Kier alpha value is -1.73. The Labute approximate surface area is 166 Å². The second-order valence-corrected chi connectivity index (χ2v) is 9.50. The van der Waals surface area contributed by atoms with E-state index in [4.69, 9.17) is 16.3 Å². The average molecular weight is 410 g/mol. The summed E-state index contributed by atoms with van der Waals surface area (Å²) in [6, 6.07) is 7.39. The lowest BCUT2D eigenvalue weighted by molar-refractivity contribution is 0.0191. The summed E-state index contributed by atoms with van der Waals surface area (Å²) < 4.78 is 18.2. The van der Waals surface area contributed by atoms with Gasteiger partial charge >= 0.3 is 6.09 Å². The van der Waals surface area contributed by atoms with Crippen molar-refractivity contribution < 1.29 is 13.7 Å². The number of halogens is 1. The van der Waals surface area contributed by atoms with Gasteiger partial charge in [0.15, 0.2) is 10.2 Å². The predicted octanol–water partition coefficient (Wildman–Crippen LogP) is 4.04. The van der Waals surface area contributed by atoms with Gasteiger partial charge in [0.05, 0.1) is 21.8 Å². The highest BCUT2D eigenvalue weighted by molar-refractivity contribution is 7.85. The van der Waals surface area contributed by atoms with Crippen molar-refractivity contribution in [2.75, 3.05) is 18.8 Å². The molecule has 2 heterocycles. The molecule has 0 aliphatic carbocycles. The molecule has 1 aliphatic rings. The molecule has 0 bridgehead atoms. The van der Waals surface area contributed by atoms with Gasteiger partial charge < -0.3 is 9.64 Å². The van der Waals surface area contributed by atoms with Gasteiger partial charge in [0, 0.05) is 18.8 Å². The Kier molecular flexibility index (Phi) is 6.01. The fourth-order valence-electron chi connectivity index (χ4n) is 3.01. The molecule has 0 N–H and O–H groups in total. The Morgan fingerprint density at radius 3 is 2.41 bits per heavy atom. The van der Waals surface area contributed by atoms with E-state index in [0.29, 0.717) is 34.9 Å². The van der Waals surface area contributed by atoms with Gasteiger partial charge in [0.2, 0.25) is 0 Å². The number of fused-ring (bicyclic) bond motifs is 1. The van der Waals surface area contributed by atoms with Crippen LogP contribution in [0.2, 0.25) is 5.15 Å². The largest absolute Gasteiger partial charge is 0.444 e. The fourth-order valence-corrected chi connectivity index (χ4v) is 4.75. The molecular formula is C19H24ClN3O3S. The van der Waals surface area contributed by atoms with Crippen molar-refractivity contribution >= 4 is 39.5 Å². The van der Waals surface area contributed by atoms with Gasteiger partial charge in [-0.25, -0.2) is 14.8 Å². The van der Waals surface area contributed by atoms with Gasteiger partial charge in [-0.2, -0.15) is 0 Å². The maximum Gasteiger partial charge on any atom is 0.410 e. The quantitative estimate of drug-likeness (QED) is 0.764. The van der Waals surface area contributed by atoms with Crippen LogP contribution in [0.5, 0.6) is 0 Å². The van der Waals surface area contributed by atoms with Gasteiger partial charge in [0.25, 0.3) is 0 Å². The first-order valence-corrected chi connectivity index (χ1v) is 10.7. The molecule has 1 aromatic carbocycles. The number of amides is 1. The van der Waals surface area contributed by atoms with Crippen LogP contribution < -0.4 is 0 Å². The monoisotopic (exact) mass is 409 g/mol. The van der Waals surface area contributed by atoms with Crippen LogP contribution in [0.15, 0.2) is 29.3 Å². The fraction of sp³-hybridized carbons (Fsp3) is 0.526. The van der Waals surface area contributed by atoms with Crippen LogP contribution in [0.1, 0.15) is 33.6 Å². The molecule has 1 aromatic heterocycles. The third-order valence-corrected chi connectivity index (χ3v) is 6.23.